The molecule has 0 aliphatic carbocycles. The number of benzene rings is 1. The molecule has 5 N–H and O–H groups in total. The summed E-state index contributed by atoms with van der Waals surface area (Å²) in [5, 5.41) is 0. The summed E-state index contributed by atoms with van der Waals surface area (Å²) in [6, 6.07) is 5.01. The van der Waals surface area contributed by atoms with Crippen molar-refractivity contribution < 1.29 is 14.9 Å². The highest BCUT2D eigenvalue weighted by atomic mass is 35.5. The average Bonchev–Trinajstić information content (AvgIpc) is 2.19. The van der Waals surface area contributed by atoms with Crippen LogP contribution in [0.3, 0.4) is 0 Å². The SMILES string of the molecule is CCl.NC(=O)C([NH3+])c1cccc(F)c1. The Morgan fingerprint density at radius 3 is 2.57 bits per heavy atom. The van der Waals surface area contributed by atoms with Crippen LogP contribution in [0.4, 0.5) is 4.39 Å². The minimum Gasteiger partial charge on any atom is -0.364 e. The number of amides is 1. The van der Waals surface area contributed by atoms with Gasteiger partial charge >= 0.3 is 0 Å². The third-order valence-corrected chi connectivity index (χ3v) is 1.59. The first-order valence-corrected chi connectivity index (χ1v) is 4.62. The smallest absolute Gasteiger partial charge is 0.280 e. The molecule has 1 aromatic carbocycles. The Kier molecular flexibility index (Phi) is 5.83. The lowest BCUT2D eigenvalue weighted by molar-refractivity contribution is -0.409. The quantitative estimate of drug-likeness (QED) is 0.697. The van der Waals surface area contributed by atoms with Gasteiger partial charge in [-0.1, -0.05) is 12.1 Å². The first-order chi connectivity index (χ1) is 6.61. The number of rotatable bonds is 2. The standard InChI is InChI=1S/C8H9FN2O.CH3Cl/c9-6-3-1-2-5(4-6)7(10)8(11)12;1-2/h1-4,7H,10H2,(H2,11,12);1H3/p+1. The summed E-state index contributed by atoms with van der Waals surface area (Å²) in [7, 11) is 0. The van der Waals surface area contributed by atoms with Crippen molar-refractivity contribution in [1.82, 2.24) is 0 Å². The van der Waals surface area contributed by atoms with E-state index in [1.165, 1.54) is 24.6 Å². The normalized spacial score (nSPS) is 11.1. The number of alkyl halides is 1. The van der Waals surface area contributed by atoms with Gasteiger partial charge in [0.1, 0.15) is 5.82 Å². The Labute approximate surface area is 86.8 Å². The Morgan fingerprint density at radius 2 is 2.14 bits per heavy atom. The third-order valence-electron chi connectivity index (χ3n) is 1.59. The van der Waals surface area contributed by atoms with Crippen molar-refractivity contribution in [3.63, 3.8) is 0 Å². The molecule has 0 aliphatic heterocycles. The van der Waals surface area contributed by atoms with Crippen LogP contribution in [-0.2, 0) is 4.79 Å². The number of carbonyl (C=O) groups is 1. The molecule has 0 bridgehead atoms. The molecule has 78 valence electrons. The van der Waals surface area contributed by atoms with E-state index < -0.39 is 11.9 Å². The average molecular weight is 220 g/mol. The van der Waals surface area contributed by atoms with Crippen LogP contribution < -0.4 is 11.5 Å². The Balaban J connectivity index is 0.000000791. The largest absolute Gasteiger partial charge is 0.364 e. The Bertz CT molecular complexity index is 307. The zero-order valence-electron chi connectivity index (χ0n) is 7.84. The summed E-state index contributed by atoms with van der Waals surface area (Å²) >= 11 is 4.64. The molecule has 0 aromatic heterocycles. The molecule has 1 aromatic rings. The monoisotopic (exact) mass is 219 g/mol. The van der Waals surface area contributed by atoms with Gasteiger partial charge in [0.25, 0.3) is 5.91 Å². The van der Waals surface area contributed by atoms with E-state index in [9.17, 15) is 9.18 Å². The van der Waals surface area contributed by atoms with Gasteiger partial charge in [-0.15, -0.1) is 11.6 Å². The summed E-state index contributed by atoms with van der Waals surface area (Å²) in [4.78, 5) is 10.6. The molecule has 1 rings (SSSR count). The molecule has 5 heteroatoms. The van der Waals surface area contributed by atoms with E-state index in [4.69, 9.17) is 5.73 Å². The Morgan fingerprint density at radius 1 is 1.57 bits per heavy atom. The molecule has 1 amide bonds. The molecular formula is C9H13ClFN2O+. The van der Waals surface area contributed by atoms with Gasteiger partial charge in [0.15, 0.2) is 6.04 Å². The highest BCUT2D eigenvalue weighted by Gasteiger charge is 2.15. The summed E-state index contributed by atoms with van der Waals surface area (Å²) in [6.45, 7) is 0. The van der Waals surface area contributed by atoms with Crippen LogP contribution in [0.15, 0.2) is 24.3 Å². The van der Waals surface area contributed by atoms with Crippen LogP contribution >= 0.6 is 11.6 Å². The van der Waals surface area contributed by atoms with Gasteiger partial charge in [-0.05, 0) is 12.1 Å². The van der Waals surface area contributed by atoms with Crippen molar-refractivity contribution in [2.24, 2.45) is 5.73 Å². The van der Waals surface area contributed by atoms with Crippen LogP contribution in [-0.4, -0.2) is 12.3 Å². The first-order valence-electron chi connectivity index (χ1n) is 3.87. The maximum atomic E-state index is 12.6. The maximum absolute atomic E-state index is 12.6. The van der Waals surface area contributed by atoms with Crippen LogP contribution in [0.2, 0.25) is 0 Å². The molecule has 0 fully saturated rings. The van der Waals surface area contributed by atoms with Crippen molar-refractivity contribution in [1.29, 1.82) is 0 Å². The van der Waals surface area contributed by atoms with E-state index in [2.05, 4.69) is 17.3 Å². The summed E-state index contributed by atoms with van der Waals surface area (Å²) in [6.07, 6.45) is 1.47. The molecular weight excluding hydrogens is 207 g/mol. The molecule has 1 atom stereocenters. The minimum atomic E-state index is -0.680. The second-order valence-electron chi connectivity index (χ2n) is 2.51. The number of hydrogen-bond donors (Lipinski definition) is 2. The number of halogens is 2. The molecule has 0 saturated heterocycles. The zero-order valence-corrected chi connectivity index (χ0v) is 8.59. The van der Waals surface area contributed by atoms with E-state index >= 15 is 0 Å². The van der Waals surface area contributed by atoms with Gasteiger partial charge < -0.3 is 11.5 Å². The van der Waals surface area contributed by atoms with E-state index in [0.29, 0.717) is 5.56 Å². The number of quaternary nitrogens is 1. The van der Waals surface area contributed by atoms with Crippen molar-refractivity contribution in [3.8, 4) is 0 Å². The molecule has 3 nitrogen and oxygen atoms in total. The van der Waals surface area contributed by atoms with Gasteiger partial charge in [-0.25, -0.2) is 4.39 Å². The van der Waals surface area contributed by atoms with Crippen molar-refractivity contribution >= 4 is 17.5 Å². The summed E-state index contributed by atoms with van der Waals surface area (Å²) in [5.41, 5.74) is 9.00. The molecule has 0 aliphatic rings. The lowest BCUT2D eigenvalue weighted by Gasteiger charge is -2.03. The number of carbonyl (C=O) groups excluding carboxylic acids is 1. The first kappa shape index (κ1) is 12.9. The third kappa shape index (κ3) is 3.72. The molecule has 0 saturated carbocycles. The summed E-state index contributed by atoms with van der Waals surface area (Å²) < 4.78 is 12.6. The van der Waals surface area contributed by atoms with Crippen LogP contribution in [0.5, 0.6) is 0 Å². The summed E-state index contributed by atoms with van der Waals surface area (Å²) in [5.74, 6) is -0.942. The van der Waals surface area contributed by atoms with E-state index in [-0.39, 0.29) is 5.82 Å². The molecule has 0 spiro atoms. The van der Waals surface area contributed by atoms with Crippen LogP contribution in [0.1, 0.15) is 11.6 Å². The van der Waals surface area contributed by atoms with E-state index in [0.717, 1.165) is 0 Å². The fraction of sp³-hybridized carbons (Fsp3) is 0.222. The molecule has 0 heterocycles. The Hall–Kier alpha value is -1.13. The van der Waals surface area contributed by atoms with Crippen LogP contribution in [0.25, 0.3) is 0 Å². The number of primary amides is 1. The van der Waals surface area contributed by atoms with Gasteiger partial charge in [-0.3, -0.25) is 4.79 Å². The van der Waals surface area contributed by atoms with Gasteiger partial charge in [0, 0.05) is 11.9 Å². The number of hydrogen-bond acceptors (Lipinski definition) is 1. The number of nitrogens with two attached hydrogens (primary N) is 1. The fourth-order valence-corrected chi connectivity index (χ4v) is 0.888. The second-order valence-corrected chi connectivity index (χ2v) is 2.51. The highest BCUT2D eigenvalue weighted by Crippen LogP contribution is 2.09. The van der Waals surface area contributed by atoms with Crippen LogP contribution in [0, 0.1) is 5.82 Å². The topological polar surface area (TPSA) is 70.7 Å². The maximum Gasteiger partial charge on any atom is 0.280 e. The predicted octanol–water partition coefficient (Wildman–Crippen LogP) is 0.449. The minimum absolute atomic E-state index is 0.387. The second kappa shape index (κ2) is 6.34. The van der Waals surface area contributed by atoms with Gasteiger partial charge in [0.2, 0.25) is 0 Å². The van der Waals surface area contributed by atoms with Gasteiger partial charge in [0.05, 0.1) is 0 Å². The molecule has 1 unspecified atom stereocenters. The van der Waals surface area contributed by atoms with E-state index in [1.54, 1.807) is 6.07 Å². The zero-order chi connectivity index (χ0) is 11.1. The van der Waals surface area contributed by atoms with Gasteiger partial charge in [-0.2, -0.15) is 0 Å². The lowest BCUT2D eigenvalue weighted by Crippen LogP contribution is -2.59. The molecule has 14 heavy (non-hydrogen) atoms. The highest BCUT2D eigenvalue weighted by molar-refractivity contribution is 6.15. The van der Waals surface area contributed by atoms with Crippen molar-refractivity contribution in [2.45, 2.75) is 6.04 Å². The van der Waals surface area contributed by atoms with Crippen molar-refractivity contribution in [3.05, 3.63) is 35.6 Å². The fourth-order valence-electron chi connectivity index (χ4n) is 0.888. The van der Waals surface area contributed by atoms with E-state index in [1.807, 2.05) is 0 Å². The lowest BCUT2D eigenvalue weighted by atomic mass is 10.1. The predicted molar refractivity (Wildman–Crippen MR) is 53.0 cm³/mol. The molecule has 0 radical (unpaired) electrons. The van der Waals surface area contributed by atoms with Crippen molar-refractivity contribution in [2.75, 3.05) is 6.38 Å².